The van der Waals surface area contributed by atoms with Gasteiger partial charge in [-0.15, -0.1) is 0 Å². The molecule has 1 atom stereocenters. The summed E-state index contributed by atoms with van der Waals surface area (Å²) in [6.07, 6.45) is 5.16. The number of benzene rings is 1. The van der Waals surface area contributed by atoms with Crippen LogP contribution >= 0.6 is 0 Å². The van der Waals surface area contributed by atoms with Crippen molar-refractivity contribution >= 4 is 0 Å². The van der Waals surface area contributed by atoms with Gasteiger partial charge in [0.25, 0.3) is 0 Å². The van der Waals surface area contributed by atoms with Gasteiger partial charge in [-0.3, -0.25) is 0 Å². The number of hydrogen-bond donors (Lipinski definition) is 1. The Morgan fingerprint density at radius 3 is 2.58 bits per heavy atom. The molecule has 1 unspecified atom stereocenters. The zero-order valence-corrected chi connectivity index (χ0v) is 12.1. The van der Waals surface area contributed by atoms with Gasteiger partial charge in [0, 0.05) is 25.9 Å². The van der Waals surface area contributed by atoms with Crippen LogP contribution in [0.5, 0.6) is 0 Å². The third-order valence-corrected chi connectivity index (χ3v) is 3.89. The molecule has 0 bridgehead atoms. The summed E-state index contributed by atoms with van der Waals surface area (Å²) in [5, 5.41) is 10.7. The van der Waals surface area contributed by atoms with Gasteiger partial charge in [-0.2, -0.15) is 0 Å². The molecule has 0 aliphatic carbocycles. The standard InChI is InChI=1S/C16H22N2O/c1-12-5-6-14(11-13(12)2)16(3,19)8-7-15-17-9-10-18(15)4/h5-6,9-11,19H,7-8H2,1-4H3. The van der Waals surface area contributed by atoms with Crippen molar-refractivity contribution in [3.63, 3.8) is 0 Å². The van der Waals surface area contributed by atoms with Gasteiger partial charge in [-0.1, -0.05) is 18.2 Å². The highest BCUT2D eigenvalue weighted by Crippen LogP contribution is 2.27. The van der Waals surface area contributed by atoms with Crippen molar-refractivity contribution in [1.29, 1.82) is 0 Å². The van der Waals surface area contributed by atoms with Gasteiger partial charge in [-0.25, -0.2) is 4.98 Å². The second-order valence-electron chi connectivity index (χ2n) is 5.53. The van der Waals surface area contributed by atoms with Crippen molar-refractivity contribution in [2.75, 3.05) is 0 Å². The maximum Gasteiger partial charge on any atom is 0.108 e. The van der Waals surface area contributed by atoms with E-state index in [0.717, 1.165) is 17.8 Å². The summed E-state index contributed by atoms with van der Waals surface area (Å²) >= 11 is 0. The van der Waals surface area contributed by atoms with E-state index in [9.17, 15) is 5.11 Å². The first-order valence-corrected chi connectivity index (χ1v) is 6.66. The molecule has 0 amide bonds. The smallest absolute Gasteiger partial charge is 0.108 e. The van der Waals surface area contributed by atoms with Crippen LogP contribution < -0.4 is 0 Å². The molecule has 19 heavy (non-hydrogen) atoms. The highest BCUT2D eigenvalue weighted by molar-refractivity contribution is 5.33. The topological polar surface area (TPSA) is 38.1 Å². The van der Waals surface area contributed by atoms with Crippen LogP contribution in [0, 0.1) is 13.8 Å². The van der Waals surface area contributed by atoms with E-state index >= 15 is 0 Å². The number of hydrogen-bond acceptors (Lipinski definition) is 2. The summed E-state index contributed by atoms with van der Waals surface area (Å²) in [6.45, 7) is 6.04. The first-order valence-electron chi connectivity index (χ1n) is 6.66. The number of aromatic nitrogens is 2. The molecular weight excluding hydrogens is 236 g/mol. The lowest BCUT2D eigenvalue weighted by atomic mass is 9.89. The Labute approximate surface area is 114 Å². The Kier molecular flexibility index (Phi) is 3.76. The van der Waals surface area contributed by atoms with E-state index in [0.29, 0.717) is 6.42 Å². The van der Waals surface area contributed by atoms with Crippen LogP contribution in [0.3, 0.4) is 0 Å². The molecule has 1 aromatic heterocycles. The van der Waals surface area contributed by atoms with Crippen molar-refractivity contribution in [3.05, 3.63) is 53.1 Å². The summed E-state index contributed by atoms with van der Waals surface area (Å²) < 4.78 is 2.00. The Hall–Kier alpha value is -1.61. The normalized spacial score (nSPS) is 14.4. The zero-order valence-electron chi connectivity index (χ0n) is 12.1. The van der Waals surface area contributed by atoms with Crippen molar-refractivity contribution in [2.24, 2.45) is 7.05 Å². The minimum Gasteiger partial charge on any atom is -0.385 e. The van der Waals surface area contributed by atoms with Crippen molar-refractivity contribution in [1.82, 2.24) is 9.55 Å². The Morgan fingerprint density at radius 2 is 2.00 bits per heavy atom. The zero-order chi connectivity index (χ0) is 14.0. The molecule has 0 aliphatic rings. The Bertz CT molecular complexity index is 570. The van der Waals surface area contributed by atoms with Gasteiger partial charge in [0.15, 0.2) is 0 Å². The van der Waals surface area contributed by atoms with E-state index in [4.69, 9.17) is 0 Å². The first-order chi connectivity index (χ1) is 8.90. The maximum atomic E-state index is 10.7. The van der Waals surface area contributed by atoms with Crippen LogP contribution in [0.25, 0.3) is 0 Å². The molecule has 0 fully saturated rings. The molecule has 3 heteroatoms. The van der Waals surface area contributed by atoms with Gasteiger partial charge in [0.1, 0.15) is 5.82 Å². The number of rotatable bonds is 4. The predicted molar refractivity (Wildman–Crippen MR) is 77.0 cm³/mol. The summed E-state index contributed by atoms with van der Waals surface area (Å²) in [5.74, 6) is 1.00. The van der Waals surface area contributed by atoms with Crippen LogP contribution in [-0.4, -0.2) is 14.7 Å². The summed E-state index contributed by atoms with van der Waals surface area (Å²) in [5.41, 5.74) is 2.63. The van der Waals surface area contributed by atoms with E-state index < -0.39 is 5.60 Å². The van der Waals surface area contributed by atoms with Crippen LogP contribution in [-0.2, 0) is 19.1 Å². The monoisotopic (exact) mass is 258 g/mol. The van der Waals surface area contributed by atoms with Gasteiger partial charge < -0.3 is 9.67 Å². The minimum absolute atomic E-state index is 0.667. The van der Waals surface area contributed by atoms with Gasteiger partial charge >= 0.3 is 0 Å². The Morgan fingerprint density at radius 1 is 1.26 bits per heavy atom. The summed E-state index contributed by atoms with van der Waals surface area (Å²) in [7, 11) is 1.98. The van der Waals surface area contributed by atoms with Crippen molar-refractivity contribution < 1.29 is 5.11 Å². The van der Waals surface area contributed by atoms with Gasteiger partial charge in [0.05, 0.1) is 5.60 Å². The summed E-state index contributed by atoms with van der Waals surface area (Å²) in [6, 6.07) is 6.16. The van der Waals surface area contributed by atoms with Crippen LogP contribution in [0.2, 0.25) is 0 Å². The predicted octanol–water partition coefficient (Wildman–Crippen LogP) is 2.88. The second-order valence-corrected chi connectivity index (χ2v) is 5.53. The molecule has 3 nitrogen and oxygen atoms in total. The van der Waals surface area contributed by atoms with E-state index in [2.05, 4.69) is 31.0 Å². The molecule has 0 saturated heterocycles. The third-order valence-electron chi connectivity index (χ3n) is 3.89. The average molecular weight is 258 g/mol. The second kappa shape index (κ2) is 5.17. The van der Waals surface area contributed by atoms with Crippen molar-refractivity contribution in [2.45, 2.75) is 39.2 Å². The van der Waals surface area contributed by atoms with Crippen LogP contribution in [0.4, 0.5) is 0 Å². The van der Waals surface area contributed by atoms with Gasteiger partial charge in [0.2, 0.25) is 0 Å². The molecule has 2 aromatic rings. The lowest BCUT2D eigenvalue weighted by molar-refractivity contribution is 0.0473. The molecule has 0 aliphatic heterocycles. The number of aryl methyl sites for hydroxylation is 4. The molecule has 1 heterocycles. The first kappa shape index (κ1) is 13.8. The fourth-order valence-electron chi connectivity index (χ4n) is 2.21. The lowest BCUT2D eigenvalue weighted by Crippen LogP contribution is -2.22. The van der Waals surface area contributed by atoms with Crippen LogP contribution in [0.1, 0.15) is 35.9 Å². The molecule has 2 rings (SSSR count). The third kappa shape index (κ3) is 3.04. The van der Waals surface area contributed by atoms with E-state index in [1.165, 1.54) is 11.1 Å². The number of aliphatic hydroxyl groups is 1. The summed E-state index contributed by atoms with van der Waals surface area (Å²) in [4.78, 5) is 4.30. The molecule has 0 radical (unpaired) electrons. The van der Waals surface area contributed by atoms with E-state index in [1.807, 2.05) is 30.8 Å². The fourth-order valence-corrected chi connectivity index (χ4v) is 2.21. The van der Waals surface area contributed by atoms with E-state index in [1.54, 1.807) is 6.20 Å². The largest absolute Gasteiger partial charge is 0.385 e. The molecular formula is C16H22N2O. The molecule has 0 saturated carbocycles. The number of nitrogens with zero attached hydrogens (tertiary/aromatic N) is 2. The quantitative estimate of drug-likeness (QED) is 0.915. The molecule has 102 valence electrons. The lowest BCUT2D eigenvalue weighted by Gasteiger charge is -2.24. The molecule has 1 N–H and O–H groups in total. The Balaban J connectivity index is 2.13. The van der Waals surface area contributed by atoms with Gasteiger partial charge in [-0.05, 0) is 43.9 Å². The minimum atomic E-state index is -0.815. The van der Waals surface area contributed by atoms with E-state index in [-0.39, 0.29) is 0 Å². The highest BCUT2D eigenvalue weighted by atomic mass is 16.3. The average Bonchev–Trinajstić information content (AvgIpc) is 2.76. The van der Waals surface area contributed by atoms with Crippen molar-refractivity contribution in [3.8, 4) is 0 Å². The SMILES string of the molecule is Cc1ccc(C(C)(O)CCc2nccn2C)cc1C. The van der Waals surface area contributed by atoms with Crippen LogP contribution in [0.15, 0.2) is 30.6 Å². The highest BCUT2D eigenvalue weighted by Gasteiger charge is 2.23. The molecule has 0 spiro atoms. The molecule has 1 aromatic carbocycles. The number of imidazole rings is 1. The maximum absolute atomic E-state index is 10.7. The fraction of sp³-hybridized carbons (Fsp3) is 0.438.